The molecule has 3 rings (SSSR count). The van der Waals surface area contributed by atoms with Crippen LogP contribution >= 0.6 is 0 Å². The van der Waals surface area contributed by atoms with Crippen molar-refractivity contribution < 1.29 is 4.74 Å². The second-order valence-electron chi connectivity index (χ2n) is 5.68. The maximum absolute atomic E-state index is 5.64. The highest BCUT2D eigenvalue weighted by atomic mass is 16.5. The van der Waals surface area contributed by atoms with Gasteiger partial charge in [0.05, 0.1) is 13.2 Å². The van der Waals surface area contributed by atoms with Crippen LogP contribution in [0.15, 0.2) is 0 Å². The van der Waals surface area contributed by atoms with Crippen LogP contribution < -0.4 is 5.32 Å². The number of hydrogen-bond acceptors (Lipinski definition) is 2. The van der Waals surface area contributed by atoms with Gasteiger partial charge in [-0.1, -0.05) is 6.42 Å². The monoisotopic (exact) mass is 195 g/mol. The molecule has 2 heteroatoms. The first kappa shape index (κ1) is 9.17. The Hall–Kier alpha value is -0.0800. The van der Waals surface area contributed by atoms with Crippen LogP contribution in [0.3, 0.4) is 0 Å². The molecule has 0 radical (unpaired) electrons. The fraction of sp³-hybridized carbons (Fsp3) is 1.00. The van der Waals surface area contributed by atoms with Gasteiger partial charge in [-0.05, 0) is 43.9 Å². The van der Waals surface area contributed by atoms with Crippen molar-refractivity contribution in [2.75, 3.05) is 19.8 Å². The summed E-state index contributed by atoms with van der Waals surface area (Å²) in [5, 5.41) is 3.70. The predicted octanol–water partition coefficient (Wildman–Crippen LogP) is 1.80. The van der Waals surface area contributed by atoms with Crippen LogP contribution in [0.1, 0.15) is 32.6 Å². The van der Waals surface area contributed by atoms with E-state index < -0.39 is 0 Å². The minimum atomic E-state index is 0.290. The molecule has 0 aromatic heterocycles. The number of morpholine rings is 1. The zero-order valence-electron chi connectivity index (χ0n) is 9.09. The average molecular weight is 195 g/mol. The lowest BCUT2D eigenvalue weighted by Crippen LogP contribution is -2.57. The first-order valence-corrected chi connectivity index (χ1v) is 6.11. The Morgan fingerprint density at radius 3 is 2.79 bits per heavy atom. The quantitative estimate of drug-likeness (QED) is 0.689. The number of nitrogens with one attached hydrogen (secondary N) is 1. The summed E-state index contributed by atoms with van der Waals surface area (Å²) in [6.45, 7) is 5.25. The standard InChI is InChI=1S/C12H21NO/c1-12(8-14-5-4-13-12)11-7-9-2-3-10(11)6-9/h9-11,13H,2-8H2,1H3. The van der Waals surface area contributed by atoms with E-state index in [2.05, 4.69) is 12.2 Å². The lowest BCUT2D eigenvalue weighted by Gasteiger charge is -2.43. The molecule has 0 aromatic carbocycles. The molecular weight excluding hydrogens is 174 g/mol. The van der Waals surface area contributed by atoms with Gasteiger partial charge in [0.1, 0.15) is 0 Å². The first-order chi connectivity index (χ1) is 6.78. The van der Waals surface area contributed by atoms with E-state index in [1.165, 1.54) is 25.7 Å². The van der Waals surface area contributed by atoms with E-state index in [1.54, 1.807) is 0 Å². The second-order valence-corrected chi connectivity index (χ2v) is 5.68. The number of hydrogen-bond donors (Lipinski definition) is 1. The van der Waals surface area contributed by atoms with Gasteiger partial charge in [0.15, 0.2) is 0 Å². The van der Waals surface area contributed by atoms with Crippen molar-refractivity contribution in [3.8, 4) is 0 Å². The van der Waals surface area contributed by atoms with Gasteiger partial charge in [-0.2, -0.15) is 0 Å². The van der Waals surface area contributed by atoms with Crippen LogP contribution in [-0.2, 0) is 4.74 Å². The van der Waals surface area contributed by atoms with Crippen LogP contribution in [0.4, 0.5) is 0 Å². The highest BCUT2D eigenvalue weighted by molar-refractivity contribution is 5.02. The van der Waals surface area contributed by atoms with E-state index in [-0.39, 0.29) is 5.54 Å². The summed E-state index contributed by atoms with van der Waals surface area (Å²) in [7, 11) is 0. The lowest BCUT2D eigenvalue weighted by atomic mass is 9.75. The maximum Gasteiger partial charge on any atom is 0.0649 e. The zero-order chi connectivity index (χ0) is 9.60. The van der Waals surface area contributed by atoms with E-state index >= 15 is 0 Å². The summed E-state index contributed by atoms with van der Waals surface area (Å²) >= 11 is 0. The van der Waals surface area contributed by atoms with Crippen molar-refractivity contribution in [1.82, 2.24) is 5.32 Å². The van der Waals surface area contributed by atoms with Gasteiger partial charge in [-0.3, -0.25) is 0 Å². The van der Waals surface area contributed by atoms with E-state index in [1.807, 2.05) is 0 Å². The van der Waals surface area contributed by atoms with Gasteiger partial charge in [0.2, 0.25) is 0 Å². The van der Waals surface area contributed by atoms with Gasteiger partial charge in [-0.25, -0.2) is 0 Å². The summed E-state index contributed by atoms with van der Waals surface area (Å²) in [5.74, 6) is 2.94. The van der Waals surface area contributed by atoms with Crippen molar-refractivity contribution in [3.05, 3.63) is 0 Å². The third kappa shape index (κ3) is 1.31. The van der Waals surface area contributed by atoms with Crippen LogP contribution in [0.25, 0.3) is 0 Å². The van der Waals surface area contributed by atoms with Gasteiger partial charge >= 0.3 is 0 Å². The molecule has 0 spiro atoms. The summed E-state index contributed by atoms with van der Waals surface area (Å²) in [6.07, 6.45) is 5.93. The summed E-state index contributed by atoms with van der Waals surface area (Å²) in [5.41, 5.74) is 0.290. The minimum Gasteiger partial charge on any atom is -0.378 e. The van der Waals surface area contributed by atoms with Gasteiger partial charge < -0.3 is 10.1 Å². The zero-order valence-corrected chi connectivity index (χ0v) is 9.09. The predicted molar refractivity (Wildman–Crippen MR) is 56.2 cm³/mol. The third-order valence-electron chi connectivity index (χ3n) is 4.73. The van der Waals surface area contributed by atoms with Crippen LogP contribution in [0, 0.1) is 17.8 Å². The molecule has 3 fully saturated rings. The van der Waals surface area contributed by atoms with E-state index in [0.29, 0.717) is 0 Å². The Morgan fingerprint density at radius 1 is 1.29 bits per heavy atom. The second kappa shape index (κ2) is 3.21. The molecule has 0 aromatic rings. The van der Waals surface area contributed by atoms with Crippen LogP contribution in [0.5, 0.6) is 0 Å². The Morgan fingerprint density at radius 2 is 2.21 bits per heavy atom. The molecule has 14 heavy (non-hydrogen) atoms. The minimum absolute atomic E-state index is 0.290. The molecule has 1 heterocycles. The van der Waals surface area contributed by atoms with Crippen molar-refractivity contribution in [2.24, 2.45) is 17.8 Å². The Labute approximate surface area is 86.4 Å². The van der Waals surface area contributed by atoms with Crippen LogP contribution in [0.2, 0.25) is 0 Å². The molecule has 3 aliphatic rings. The summed E-state index contributed by atoms with van der Waals surface area (Å²) < 4.78 is 5.64. The lowest BCUT2D eigenvalue weighted by molar-refractivity contribution is -0.00664. The number of rotatable bonds is 1. The summed E-state index contributed by atoms with van der Waals surface area (Å²) in [4.78, 5) is 0. The fourth-order valence-electron chi connectivity index (χ4n) is 4.01. The SMILES string of the molecule is CC1(C2CC3CCC2C3)COCCN1. The topological polar surface area (TPSA) is 21.3 Å². The molecule has 2 nitrogen and oxygen atoms in total. The highest BCUT2D eigenvalue weighted by Gasteiger charge is 2.48. The molecule has 80 valence electrons. The van der Waals surface area contributed by atoms with Crippen molar-refractivity contribution in [2.45, 2.75) is 38.1 Å². The fourth-order valence-corrected chi connectivity index (χ4v) is 4.01. The van der Waals surface area contributed by atoms with Crippen molar-refractivity contribution >= 4 is 0 Å². The maximum atomic E-state index is 5.64. The smallest absolute Gasteiger partial charge is 0.0649 e. The molecule has 2 aliphatic carbocycles. The number of ether oxygens (including phenoxy) is 1. The molecule has 1 N–H and O–H groups in total. The Balaban J connectivity index is 1.74. The third-order valence-corrected chi connectivity index (χ3v) is 4.73. The van der Waals surface area contributed by atoms with Crippen molar-refractivity contribution in [1.29, 1.82) is 0 Å². The Kier molecular flexibility index (Phi) is 2.10. The summed E-state index contributed by atoms with van der Waals surface area (Å²) in [6, 6.07) is 0. The first-order valence-electron chi connectivity index (χ1n) is 6.11. The molecule has 4 atom stereocenters. The highest BCUT2D eigenvalue weighted by Crippen LogP contribution is 2.52. The number of fused-ring (bicyclic) bond motifs is 2. The molecule has 2 saturated carbocycles. The molecular formula is C12H21NO. The molecule has 2 bridgehead atoms. The van der Waals surface area contributed by atoms with Gasteiger partial charge in [0.25, 0.3) is 0 Å². The van der Waals surface area contributed by atoms with E-state index in [4.69, 9.17) is 4.74 Å². The van der Waals surface area contributed by atoms with Gasteiger partial charge in [0, 0.05) is 12.1 Å². The largest absolute Gasteiger partial charge is 0.378 e. The molecule has 1 saturated heterocycles. The van der Waals surface area contributed by atoms with Crippen molar-refractivity contribution in [3.63, 3.8) is 0 Å². The van der Waals surface area contributed by atoms with E-state index in [0.717, 1.165) is 37.5 Å². The molecule has 4 unspecified atom stereocenters. The van der Waals surface area contributed by atoms with Gasteiger partial charge in [-0.15, -0.1) is 0 Å². The molecule has 0 amide bonds. The molecule has 1 aliphatic heterocycles. The Bertz CT molecular complexity index is 222. The normalized spacial score (nSPS) is 52.5. The van der Waals surface area contributed by atoms with Crippen LogP contribution in [-0.4, -0.2) is 25.3 Å². The van der Waals surface area contributed by atoms with E-state index in [9.17, 15) is 0 Å². The average Bonchev–Trinajstić information content (AvgIpc) is 2.80.